The Bertz CT molecular complexity index is 1030. The number of Topliss-reactive ketones (excluding diaryl/α,β-unsaturated/α-hetero) is 1. The lowest BCUT2D eigenvalue weighted by atomic mass is 9.67. The first kappa shape index (κ1) is 21.1. The molecule has 1 aromatic carbocycles. The van der Waals surface area contributed by atoms with Crippen LogP contribution in [0.25, 0.3) is 0 Å². The second-order valence-electron chi connectivity index (χ2n) is 8.84. The first-order valence-corrected chi connectivity index (χ1v) is 10.8. The van der Waals surface area contributed by atoms with Crippen LogP contribution in [0.4, 0.5) is 0 Å². The molecule has 1 aromatic rings. The lowest BCUT2D eigenvalue weighted by Crippen LogP contribution is -2.50. The molecule has 160 valence electrons. The molecule has 7 nitrogen and oxygen atoms in total. The third kappa shape index (κ3) is 2.85. The van der Waals surface area contributed by atoms with Gasteiger partial charge in [-0.05, 0) is 63.5 Å². The molecule has 0 bridgehead atoms. The van der Waals surface area contributed by atoms with Gasteiger partial charge >= 0.3 is 5.97 Å². The molecule has 0 saturated heterocycles. The number of esters is 1. The number of carbonyl (C=O) groups is 2. The number of hydrogen-bond acceptors (Lipinski definition) is 6. The summed E-state index contributed by atoms with van der Waals surface area (Å²) in [7, 11) is 0. The maximum atomic E-state index is 13.0. The summed E-state index contributed by atoms with van der Waals surface area (Å²) < 4.78 is 25.5. The fourth-order valence-electron chi connectivity index (χ4n) is 4.78. The van der Waals surface area contributed by atoms with Gasteiger partial charge in [-0.1, -0.05) is 11.6 Å². The predicted octanol–water partition coefficient (Wildman–Crippen LogP) is 2.16. The molecule has 0 amide bonds. The van der Waals surface area contributed by atoms with E-state index >= 15 is 0 Å². The number of fused-ring (bicyclic) bond motifs is 1. The number of carbonyl (C=O) groups excluding carboxylic acids is 2. The van der Waals surface area contributed by atoms with Gasteiger partial charge in [0.05, 0.1) is 22.0 Å². The molecule has 0 radical (unpaired) electrons. The number of aliphatic hydroxyl groups is 2. The Morgan fingerprint density at radius 3 is 2.37 bits per heavy atom. The molecule has 0 aromatic heterocycles. The zero-order valence-corrected chi connectivity index (χ0v) is 17.8. The van der Waals surface area contributed by atoms with E-state index in [0.29, 0.717) is 24.0 Å². The summed E-state index contributed by atoms with van der Waals surface area (Å²) in [5.41, 5.74) is -1.27. The topological polar surface area (TPSA) is 121 Å². The third-order valence-electron chi connectivity index (χ3n) is 6.96. The van der Waals surface area contributed by atoms with Crippen molar-refractivity contribution >= 4 is 22.8 Å². The Kier molecular flexibility index (Phi) is 4.70. The summed E-state index contributed by atoms with van der Waals surface area (Å²) in [6.45, 7) is 4.93. The van der Waals surface area contributed by atoms with Crippen LogP contribution >= 0.6 is 0 Å². The monoisotopic (exact) mass is 432 g/mol. The first-order valence-electron chi connectivity index (χ1n) is 9.72. The minimum atomic E-state index is -2.14. The summed E-state index contributed by atoms with van der Waals surface area (Å²) in [5.74, 6) is -1.04. The third-order valence-corrected chi connectivity index (χ3v) is 7.63. The number of rotatable bonds is 4. The molecule has 0 aliphatic heterocycles. The van der Waals surface area contributed by atoms with Crippen LogP contribution in [-0.2, 0) is 20.6 Å². The van der Waals surface area contributed by atoms with E-state index in [9.17, 15) is 24.0 Å². The van der Waals surface area contributed by atoms with E-state index in [1.165, 1.54) is 31.2 Å². The average Bonchev–Trinajstić information content (AvgIpc) is 3.48. The highest BCUT2D eigenvalue weighted by molar-refractivity contribution is 7.79. The van der Waals surface area contributed by atoms with Gasteiger partial charge in [0.2, 0.25) is 0 Å². The molecule has 3 aliphatic carbocycles. The van der Waals surface area contributed by atoms with Crippen LogP contribution in [0.15, 0.2) is 52.0 Å². The number of aliphatic hydroxyl groups excluding tert-OH is 1. The molecular formula is C22H24O7S. The SMILES string of the molecule is CC1=C2C(=C[C@@](C)(COC(=O)c3ccc(S(=O)O)cc3)[C@@H]2O)C(=O)[C@](C)(O)C12CC2. The molecular weight excluding hydrogens is 408 g/mol. The fraction of sp³-hybridized carbons (Fsp3) is 0.455. The summed E-state index contributed by atoms with van der Waals surface area (Å²) >= 11 is -2.14. The second-order valence-corrected chi connectivity index (χ2v) is 9.81. The molecule has 1 spiro atoms. The van der Waals surface area contributed by atoms with E-state index in [1.807, 2.05) is 6.92 Å². The van der Waals surface area contributed by atoms with Gasteiger partial charge in [0, 0.05) is 11.0 Å². The molecule has 4 rings (SSSR count). The van der Waals surface area contributed by atoms with Gasteiger partial charge in [-0.25, -0.2) is 9.00 Å². The highest BCUT2D eigenvalue weighted by atomic mass is 32.2. The standard InChI is InChI=1S/C22H24O7S/c1-12-16-15(17(23)21(3,26)22(12)8-9-22)10-20(2,18(16)24)11-29-19(25)13-4-6-14(7-5-13)30(27)28/h4-7,10,18,24,26H,8-9,11H2,1-3H3,(H,27,28)/t18-,20+,21+/m1/s1. The molecule has 4 atom stereocenters. The van der Waals surface area contributed by atoms with E-state index in [0.717, 1.165) is 5.57 Å². The fourth-order valence-corrected chi connectivity index (χ4v) is 5.15. The van der Waals surface area contributed by atoms with Crippen LogP contribution in [0, 0.1) is 10.8 Å². The number of ether oxygens (including phenoxy) is 1. The maximum Gasteiger partial charge on any atom is 0.338 e. The highest BCUT2D eigenvalue weighted by Gasteiger charge is 2.66. The van der Waals surface area contributed by atoms with Gasteiger partial charge in [-0.2, -0.15) is 0 Å². The van der Waals surface area contributed by atoms with Gasteiger partial charge in [0.15, 0.2) is 16.9 Å². The van der Waals surface area contributed by atoms with Gasteiger partial charge in [0.25, 0.3) is 0 Å². The molecule has 8 heteroatoms. The summed E-state index contributed by atoms with van der Waals surface area (Å²) in [6, 6.07) is 5.50. The van der Waals surface area contributed by atoms with E-state index in [2.05, 4.69) is 0 Å². The minimum Gasteiger partial charge on any atom is -0.461 e. The lowest BCUT2D eigenvalue weighted by Gasteiger charge is -2.39. The van der Waals surface area contributed by atoms with Gasteiger partial charge < -0.3 is 19.5 Å². The normalized spacial score (nSPS) is 32.7. The molecule has 1 unspecified atom stereocenters. The minimum absolute atomic E-state index is 0.163. The number of benzene rings is 1. The average molecular weight is 432 g/mol. The van der Waals surface area contributed by atoms with Crippen molar-refractivity contribution in [3.63, 3.8) is 0 Å². The van der Waals surface area contributed by atoms with Crippen LogP contribution in [-0.4, -0.2) is 49.0 Å². The van der Waals surface area contributed by atoms with Crippen molar-refractivity contribution in [2.45, 2.75) is 50.2 Å². The molecule has 3 N–H and O–H groups in total. The molecule has 30 heavy (non-hydrogen) atoms. The van der Waals surface area contributed by atoms with Crippen LogP contribution < -0.4 is 0 Å². The zero-order chi connectivity index (χ0) is 22.1. The van der Waals surface area contributed by atoms with Crippen LogP contribution in [0.5, 0.6) is 0 Å². The van der Waals surface area contributed by atoms with Crippen LogP contribution in [0.2, 0.25) is 0 Å². The van der Waals surface area contributed by atoms with Crippen molar-refractivity contribution in [3.05, 3.63) is 52.6 Å². The lowest BCUT2D eigenvalue weighted by molar-refractivity contribution is -0.138. The van der Waals surface area contributed by atoms with Crippen molar-refractivity contribution in [2.24, 2.45) is 10.8 Å². The zero-order valence-electron chi connectivity index (χ0n) is 17.0. The Morgan fingerprint density at radius 2 is 1.83 bits per heavy atom. The van der Waals surface area contributed by atoms with E-state index in [-0.39, 0.29) is 17.1 Å². The van der Waals surface area contributed by atoms with Crippen LogP contribution in [0.3, 0.4) is 0 Å². The van der Waals surface area contributed by atoms with Crippen molar-refractivity contribution in [1.29, 1.82) is 0 Å². The second kappa shape index (κ2) is 6.68. The number of ketones is 1. The van der Waals surface area contributed by atoms with E-state index in [1.54, 1.807) is 13.0 Å². The van der Waals surface area contributed by atoms with Crippen molar-refractivity contribution < 1.29 is 33.3 Å². The van der Waals surface area contributed by atoms with Gasteiger partial charge in [0.1, 0.15) is 12.2 Å². The highest BCUT2D eigenvalue weighted by Crippen LogP contribution is 2.65. The van der Waals surface area contributed by atoms with Crippen LogP contribution in [0.1, 0.15) is 44.0 Å². The summed E-state index contributed by atoms with van der Waals surface area (Å²) in [5, 5.41) is 22.0. The smallest absolute Gasteiger partial charge is 0.338 e. The molecule has 0 heterocycles. The van der Waals surface area contributed by atoms with Crippen molar-refractivity contribution in [1.82, 2.24) is 0 Å². The van der Waals surface area contributed by atoms with Crippen molar-refractivity contribution in [3.8, 4) is 0 Å². The van der Waals surface area contributed by atoms with Gasteiger partial charge in [-0.3, -0.25) is 4.79 Å². The predicted molar refractivity (Wildman–Crippen MR) is 108 cm³/mol. The summed E-state index contributed by atoms with van der Waals surface area (Å²) in [4.78, 5) is 25.6. The molecule has 1 fully saturated rings. The quantitative estimate of drug-likeness (QED) is 0.492. The Labute approximate surface area is 176 Å². The van der Waals surface area contributed by atoms with Gasteiger partial charge in [-0.15, -0.1) is 0 Å². The largest absolute Gasteiger partial charge is 0.461 e. The molecule has 3 aliphatic rings. The Hall–Kier alpha value is -2.13. The first-order chi connectivity index (χ1) is 13.9. The van der Waals surface area contributed by atoms with E-state index < -0.39 is 45.4 Å². The Morgan fingerprint density at radius 1 is 1.23 bits per heavy atom. The Balaban J connectivity index is 1.57. The van der Waals surface area contributed by atoms with E-state index in [4.69, 9.17) is 9.29 Å². The number of hydrogen-bond donors (Lipinski definition) is 3. The van der Waals surface area contributed by atoms with Crippen molar-refractivity contribution in [2.75, 3.05) is 6.61 Å². The summed E-state index contributed by atoms with van der Waals surface area (Å²) in [6.07, 6.45) is 1.97. The molecule has 1 saturated carbocycles. The maximum absolute atomic E-state index is 13.0.